The maximum atomic E-state index is 12.9. The van der Waals surface area contributed by atoms with E-state index in [2.05, 4.69) is 20.9 Å². The first kappa shape index (κ1) is 16.0. The SMILES string of the molecule is C[C@H]1Cc2ccccc2N1C(=O)Cn1cnc2ccc(Br)cc2c1=O. The fraction of sp³-hybridized carbons (Fsp3) is 0.211. The molecule has 0 N–H and O–H groups in total. The molecule has 25 heavy (non-hydrogen) atoms. The molecule has 5 nitrogen and oxygen atoms in total. The smallest absolute Gasteiger partial charge is 0.261 e. The summed E-state index contributed by atoms with van der Waals surface area (Å²) in [4.78, 5) is 31.6. The molecule has 4 rings (SSSR count). The minimum absolute atomic E-state index is 0.0209. The van der Waals surface area contributed by atoms with E-state index in [-0.39, 0.29) is 24.1 Å². The van der Waals surface area contributed by atoms with Gasteiger partial charge in [0.1, 0.15) is 6.54 Å². The molecule has 0 aliphatic carbocycles. The van der Waals surface area contributed by atoms with Crippen LogP contribution in [-0.2, 0) is 17.8 Å². The number of benzene rings is 2. The van der Waals surface area contributed by atoms with Crippen LogP contribution in [0.4, 0.5) is 5.69 Å². The van der Waals surface area contributed by atoms with Gasteiger partial charge in [0.15, 0.2) is 0 Å². The van der Waals surface area contributed by atoms with Crippen molar-refractivity contribution in [3.05, 3.63) is 69.2 Å². The van der Waals surface area contributed by atoms with Crippen molar-refractivity contribution in [2.75, 3.05) is 4.90 Å². The number of anilines is 1. The molecule has 126 valence electrons. The molecule has 0 spiro atoms. The molecule has 0 saturated carbocycles. The molecule has 2 heterocycles. The van der Waals surface area contributed by atoms with E-state index in [4.69, 9.17) is 0 Å². The third-order valence-electron chi connectivity index (χ3n) is 4.57. The first-order valence-corrected chi connectivity index (χ1v) is 8.88. The van der Waals surface area contributed by atoms with Crippen molar-refractivity contribution >= 4 is 38.4 Å². The summed E-state index contributed by atoms with van der Waals surface area (Å²) in [6.45, 7) is 2.00. The molecule has 1 amide bonds. The quantitative estimate of drug-likeness (QED) is 0.667. The van der Waals surface area contributed by atoms with Gasteiger partial charge in [-0.15, -0.1) is 0 Å². The third-order valence-corrected chi connectivity index (χ3v) is 5.06. The zero-order valence-electron chi connectivity index (χ0n) is 13.6. The summed E-state index contributed by atoms with van der Waals surface area (Å²) in [5.74, 6) is -0.101. The van der Waals surface area contributed by atoms with Gasteiger partial charge in [-0.2, -0.15) is 0 Å². The molecule has 0 radical (unpaired) electrons. The van der Waals surface area contributed by atoms with E-state index in [0.29, 0.717) is 10.9 Å². The molecule has 1 aromatic heterocycles. The van der Waals surface area contributed by atoms with Crippen molar-refractivity contribution in [3.8, 4) is 0 Å². The Kier molecular flexibility index (Phi) is 3.92. The van der Waals surface area contributed by atoms with E-state index < -0.39 is 0 Å². The molecule has 1 atom stereocenters. The first-order valence-electron chi connectivity index (χ1n) is 8.09. The van der Waals surface area contributed by atoms with Gasteiger partial charge in [0.2, 0.25) is 5.91 Å². The molecule has 0 unspecified atom stereocenters. The molecule has 0 saturated heterocycles. The predicted octanol–water partition coefficient (Wildman–Crippen LogP) is 3.14. The zero-order valence-corrected chi connectivity index (χ0v) is 15.2. The van der Waals surface area contributed by atoms with Crippen LogP contribution in [0.15, 0.2) is 58.1 Å². The lowest BCUT2D eigenvalue weighted by Gasteiger charge is -2.23. The topological polar surface area (TPSA) is 55.2 Å². The highest BCUT2D eigenvalue weighted by atomic mass is 79.9. The van der Waals surface area contributed by atoms with Crippen molar-refractivity contribution in [1.29, 1.82) is 0 Å². The molecule has 1 aliphatic heterocycles. The normalized spacial score (nSPS) is 16.2. The lowest BCUT2D eigenvalue weighted by Crippen LogP contribution is -2.40. The first-order chi connectivity index (χ1) is 12.0. The Morgan fingerprint density at radius 2 is 2.08 bits per heavy atom. The van der Waals surface area contributed by atoms with Crippen LogP contribution < -0.4 is 10.5 Å². The van der Waals surface area contributed by atoms with Crippen LogP contribution in [0.2, 0.25) is 0 Å². The number of carbonyl (C=O) groups excluding carboxylic acids is 1. The molecular weight excluding hydrogens is 382 g/mol. The van der Waals surface area contributed by atoms with E-state index in [1.165, 1.54) is 10.9 Å². The summed E-state index contributed by atoms with van der Waals surface area (Å²) < 4.78 is 2.19. The Bertz CT molecular complexity index is 1040. The highest BCUT2D eigenvalue weighted by Gasteiger charge is 2.30. The van der Waals surface area contributed by atoms with Crippen LogP contribution in [0.1, 0.15) is 12.5 Å². The van der Waals surface area contributed by atoms with E-state index in [9.17, 15) is 9.59 Å². The van der Waals surface area contributed by atoms with Gasteiger partial charge in [-0.25, -0.2) is 4.98 Å². The second-order valence-corrected chi connectivity index (χ2v) is 7.20. The lowest BCUT2D eigenvalue weighted by molar-refractivity contribution is -0.119. The van der Waals surface area contributed by atoms with Gasteiger partial charge < -0.3 is 4.90 Å². The predicted molar refractivity (Wildman–Crippen MR) is 101 cm³/mol. The van der Waals surface area contributed by atoms with E-state index >= 15 is 0 Å². The Balaban J connectivity index is 1.69. The second-order valence-electron chi connectivity index (χ2n) is 6.28. The molecule has 3 aromatic rings. The second kappa shape index (κ2) is 6.11. The fourth-order valence-electron chi connectivity index (χ4n) is 3.41. The fourth-order valence-corrected chi connectivity index (χ4v) is 3.77. The maximum Gasteiger partial charge on any atom is 0.261 e. The van der Waals surface area contributed by atoms with Crippen LogP contribution >= 0.6 is 15.9 Å². The number of nitrogens with zero attached hydrogens (tertiary/aromatic N) is 3. The van der Waals surface area contributed by atoms with Crippen LogP contribution in [0.25, 0.3) is 10.9 Å². The molecular formula is C19H16BrN3O2. The molecule has 0 bridgehead atoms. The van der Waals surface area contributed by atoms with Crippen molar-refractivity contribution < 1.29 is 4.79 Å². The molecule has 2 aromatic carbocycles. The summed E-state index contributed by atoms with van der Waals surface area (Å²) in [6.07, 6.45) is 2.28. The van der Waals surface area contributed by atoms with Gasteiger partial charge in [0.25, 0.3) is 5.56 Å². The summed E-state index contributed by atoms with van der Waals surface area (Å²) in [6, 6.07) is 13.4. The van der Waals surface area contributed by atoms with Crippen molar-refractivity contribution in [1.82, 2.24) is 9.55 Å². The van der Waals surface area contributed by atoms with Crippen molar-refractivity contribution in [2.45, 2.75) is 25.9 Å². The van der Waals surface area contributed by atoms with Crippen molar-refractivity contribution in [3.63, 3.8) is 0 Å². The third kappa shape index (κ3) is 2.76. The number of rotatable bonds is 2. The molecule has 1 aliphatic rings. The summed E-state index contributed by atoms with van der Waals surface area (Å²) >= 11 is 3.37. The Morgan fingerprint density at radius 3 is 2.92 bits per heavy atom. The van der Waals surface area contributed by atoms with Gasteiger partial charge in [-0.1, -0.05) is 34.1 Å². The molecule has 0 fully saturated rings. The Hall–Kier alpha value is -2.47. The lowest BCUT2D eigenvalue weighted by atomic mass is 10.1. The van der Waals surface area contributed by atoms with E-state index in [0.717, 1.165) is 22.1 Å². The average molecular weight is 398 g/mol. The summed E-state index contributed by atoms with van der Waals surface area (Å²) in [5, 5.41) is 0.500. The van der Waals surface area contributed by atoms with Crippen LogP contribution in [-0.4, -0.2) is 21.5 Å². The van der Waals surface area contributed by atoms with E-state index in [1.54, 1.807) is 17.0 Å². The van der Waals surface area contributed by atoms with Gasteiger partial charge >= 0.3 is 0 Å². The van der Waals surface area contributed by atoms with Crippen molar-refractivity contribution in [2.24, 2.45) is 0 Å². The number of halogens is 1. The van der Waals surface area contributed by atoms with Gasteiger partial charge in [0, 0.05) is 16.2 Å². The number of fused-ring (bicyclic) bond motifs is 2. The zero-order chi connectivity index (χ0) is 17.6. The van der Waals surface area contributed by atoms with Crippen LogP contribution in [0.5, 0.6) is 0 Å². The summed E-state index contributed by atoms with van der Waals surface area (Å²) in [7, 11) is 0. The maximum absolute atomic E-state index is 12.9. The standard InChI is InChI=1S/C19H16BrN3O2/c1-12-8-13-4-2-3-5-17(13)23(12)18(24)10-22-11-21-16-7-6-14(20)9-15(16)19(22)25/h2-7,9,11-12H,8,10H2,1H3/t12-/m0/s1. The Labute approximate surface area is 153 Å². The van der Waals surface area contributed by atoms with Gasteiger partial charge in [-0.3, -0.25) is 14.2 Å². The minimum atomic E-state index is -0.209. The average Bonchev–Trinajstić information content (AvgIpc) is 2.93. The van der Waals surface area contributed by atoms with Gasteiger partial charge in [0.05, 0.1) is 17.2 Å². The number of amides is 1. The number of hydrogen-bond donors (Lipinski definition) is 0. The highest BCUT2D eigenvalue weighted by Crippen LogP contribution is 2.31. The number of carbonyl (C=O) groups is 1. The van der Waals surface area contributed by atoms with E-state index in [1.807, 2.05) is 37.3 Å². The number of hydrogen-bond acceptors (Lipinski definition) is 3. The molecule has 6 heteroatoms. The van der Waals surface area contributed by atoms with Gasteiger partial charge in [-0.05, 0) is 43.2 Å². The highest BCUT2D eigenvalue weighted by molar-refractivity contribution is 9.10. The summed E-state index contributed by atoms with van der Waals surface area (Å²) in [5.41, 5.74) is 2.51. The minimum Gasteiger partial charge on any atom is -0.307 e. The number of para-hydroxylation sites is 1. The van der Waals surface area contributed by atoms with Crippen LogP contribution in [0, 0.1) is 0 Å². The monoisotopic (exact) mass is 397 g/mol. The Morgan fingerprint density at radius 1 is 1.28 bits per heavy atom. The van der Waals surface area contributed by atoms with Crippen LogP contribution in [0.3, 0.4) is 0 Å². The largest absolute Gasteiger partial charge is 0.307 e. The number of aromatic nitrogens is 2.